The molecule has 0 spiro atoms. The van der Waals surface area contributed by atoms with Gasteiger partial charge in [0.25, 0.3) is 0 Å². The second-order valence-electron chi connectivity index (χ2n) is 5.27. The zero-order chi connectivity index (χ0) is 12.3. The number of carbonyl (C=O) groups excluding carboxylic acids is 1. The molecule has 0 aliphatic carbocycles. The molecule has 1 rings (SSSR count). The molecule has 1 amide bonds. The molecule has 1 aromatic carbocycles. The standard InChI is InChI=1S/C13H18BrNO/c1-9-5-6-11(10(14)7-9)15-12(16)8-13(2,3)4/h5-7H,8H2,1-4H3,(H,15,16). The van der Waals surface area contributed by atoms with E-state index in [0.717, 1.165) is 10.2 Å². The van der Waals surface area contributed by atoms with Crippen molar-refractivity contribution in [2.45, 2.75) is 34.1 Å². The topological polar surface area (TPSA) is 29.1 Å². The molecule has 0 saturated heterocycles. The zero-order valence-electron chi connectivity index (χ0n) is 10.2. The van der Waals surface area contributed by atoms with Gasteiger partial charge in [-0.15, -0.1) is 0 Å². The Hall–Kier alpha value is -0.830. The average Bonchev–Trinajstić information content (AvgIpc) is 2.06. The summed E-state index contributed by atoms with van der Waals surface area (Å²) in [5, 5.41) is 2.91. The number of rotatable bonds is 2. The van der Waals surface area contributed by atoms with E-state index < -0.39 is 0 Å². The first-order valence-electron chi connectivity index (χ1n) is 5.34. The third-order valence-electron chi connectivity index (χ3n) is 2.09. The van der Waals surface area contributed by atoms with Crippen LogP contribution in [0.3, 0.4) is 0 Å². The van der Waals surface area contributed by atoms with E-state index in [9.17, 15) is 4.79 Å². The molecule has 16 heavy (non-hydrogen) atoms. The molecular weight excluding hydrogens is 266 g/mol. The minimum absolute atomic E-state index is 0.0151. The van der Waals surface area contributed by atoms with Crippen LogP contribution < -0.4 is 5.32 Å². The second-order valence-corrected chi connectivity index (χ2v) is 6.12. The van der Waals surface area contributed by atoms with Gasteiger partial charge in [-0.3, -0.25) is 4.79 Å². The Bertz CT molecular complexity index is 393. The molecule has 0 atom stereocenters. The number of halogens is 1. The minimum Gasteiger partial charge on any atom is -0.325 e. The maximum absolute atomic E-state index is 11.7. The van der Waals surface area contributed by atoms with E-state index >= 15 is 0 Å². The lowest BCUT2D eigenvalue weighted by molar-refractivity contribution is -0.117. The molecule has 3 heteroatoms. The van der Waals surface area contributed by atoms with Crippen LogP contribution in [0, 0.1) is 12.3 Å². The summed E-state index contributed by atoms with van der Waals surface area (Å²) in [7, 11) is 0. The van der Waals surface area contributed by atoms with Gasteiger partial charge in [-0.2, -0.15) is 0 Å². The van der Waals surface area contributed by atoms with Gasteiger partial charge in [0, 0.05) is 10.9 Å². The van der Waals surface area contributed by atoms with Crippen molar-refractivity contribution in [3.63, 3.8) is 0 Å². The molecule has 0 aliphatic rings. The van der Waals surface area contributed by atoms with Crippen molar-refractivity contribution < 1.29 is 4.79 Å². The summed E-state index contributed by atoms with van der Waals surface area (Å²) in [6.45, 7) is 8.18. The van der Waals surface area contributed by atoms with Gasteiger partial charge in [0.15, 0.2) is 0 Å². The summed E-state index contributed by atoms with van der Waals surface area (Å²) < 4.78 is 0.926. The van der Waals surface area contributed by atoms with Gasteiger partial charge in [-0.25, -0.2) is 0 Å². The summed E-state index contributed by atoms with van der Waals surface area (Å²) in [6, 6.07) is 5.89. The third-order valence-corrected chi connectivity index (χ3v) is 2.75. The van der Waals surface area contributed by atoms with Crippen molar-refractivity contribution in [3.8, 4) is 0 Å². The lowest BCUT2D eigenvalue weighted by atomic mass is 9.92. The van der Waals surface area contributed by atoms with Crippen LogP contribution in [0.4, 0.5) is 5.69 Å². The Kier molecular flexibility index (Phi) is 4.14. The predicted octanol–water partition coefficient (Wildman–Crippen LogP) is 4.13. The molecule has 0 radical (unpaired) electrons. The highest BCUT2D eigenvalue weighted by atomic mass is 79.9. The third kappa shape index (κ3) is 4.35. The van der Waals surface area contributed by atoms with Crippen LogP contribution >= 0.6 is 15.9 Å². The van der Waals surface area contributed by atoms with Gasteiger partial charge in [0.2, 0.25) is 5.91 Å². The molecule has 0 saturated carbocycles. The van der Waals surface area contributed by atoms with Crippen molar-refractivity contribution in [1.82, 2.24) is 0 Å². The molecule has 0 fully saturated rings. The zero-order valence-corrected chi connectivity index (χ0v) is 11.8. The fourth-order valence-electron chi connectivity index (χ4n) is 1.40. The summed E-state index contributed by atoms with van der Waals surface area (Å²) in [5.41, 5.74) is 2.02. The van der Waals surface area contributed by atoms with Gasteiger partial charge in [-0.05, 0) is 46.0 Å². The summed E-state index contributed by atoms with van der Waals surface area (Å²) in [5.74, 6) is 0.0528. The minimum atomic E-state index is 0.0151. The quantitative estimate of drug-likeness (QED) is 0.869. The Morgan fingerprint density at radius 3 is 2.50 bits per heavy atom. The summed E-state index contributed by atoms with van der Waals surface area (Å²) in [6.07, 6.45) is 0.521. The van der Waals surface area contributed by atoms with Gasteiger partial charge in [-0.1, -0.05) is 26.8 Å². The van der Waals surface area contributed by atoms with Crippen molar-refractivity contribution in [3.05, 3.63) is 28.2 Å². The molecule has 88 valence electrons. The van der Waals surface area contributed by atoms with Crippen LogP contribution in [0.5, 0.6) is 0 Å². The number of aryl methyl sites for hydroxylation is 1. The lowest BCUT2D eigenvalue weighted by Gasteiger charge is -2.17. The maximum atomic E-state index is 11.7. The Labute approximate surface area is 106 Å². The number of amides is 1. The molecule has 0 aliphatic heterocycles. The highest BCUT2D eigenvalue weighted by Crippen LogP contribution is 2.25. The van der Waals surface area contributed by atoms with E-state index in [1.807, 2.05) is 25.1 Å². The van der Waals surface area contributed by atoms with Crippen LogP contribution in [0.1, 0.15) is 32.8 Å². The Morgan fingerprint density at radius 1 is 1.38 bits per heavy atom. The Morgan fingerprint density at radius 2 is 2.00 bits per heavy atom. The number of hydrogen-bond acceptors (Lipinski definition) is 1. The molecule has 1 N–H and O–H groups in total. The van der Waals surface area contributed by atoms with E-state index in [2.05, 4.69) is 42.0 Å². The smallest absolute Gasteiger partial charge is 0.224 e. The van der Waals surface area contributed by atoms with Crippen LogP contribution in [0.2, 0.25) is 0 Å². The Balaban J connectivity index is 2.70. The second kappa shape index (κ2) is 5.00. The van der Waals surface area contributed by atoms with Gasteiger partial charge >= 0.3 is 0 Å². The predicted molar refractivity (Wildman–Crippen MR) is 71.6 cm³/mol. The van der Waals surface area contributed by atoms with E-state index in [1.165, 1.54) is 5.56 Å². The average molecular weight is 284 g/mol. The largest absolute Gasteiger partial charge is 0.325 e. The molecule has 2 nitrogen and oxygen atoms in total. The first-order chi connectivity index (χ1) is 7.28. The molecule has 0 aromatic heterocycles. The maximum Gasteiger partial charge on any atom is 0.224 e. The van der Waals surface area contributed by atoms with Crippen molar-refractivity contribution in [2.75, 3.05) is 5.32 Å². The first-order valence-corrected chi connectivity index (χ1v) is 6.13. The number of anilines is 1. The van der Waals surface area contributed by atoms with Gasteiger partial charge < -0.3 is 5.32 Å². The van der Waals surface area contributed by atoms with Crippen LogP contribution in [-0.2, 0) is 4.79 Å². The number of nitrogens with one attached hydrogen (secondary N) is 1. The molecular formula is C13H18BrNO. The fourth-order valence-corrected chi connectivity index (χ4v) is 1.99. The van der Waals surface area contributed by atoms with Crippen molar-refractivity contribution in [2.24, 2.45) is 5.41 Å². The summed E-state index contributed by atoms with van der Waals surface area (Å²) >= 11 is 3.44. The molecule has 0 unspecified atom stereocenters. The van der Waals surface area contributed by atoms with Crippen LogP contribution in [-0.4, -0.2) is 5.91 Å². The van der Waals surface area contributed by atoms with Crippen LogP contribution in [0.25, 0.3) is 0 Å². The fraction of sp³-hybridized carbons (Fsp3) is 0.462. The van der Waals surface area contributed by atoms with Crippen molar-refractivity contribution >= 4 is 27.5 Å². The molecule has 1 aromatic rings. The van der Waals surface area contributed by atoms with Crippen molar-refractivity contribution in [1.29, 1.82) is 0 Å². The van der Waals surface area contributed by atoms with Gasteiger partial charge in [0.1, 0.15) is 0 Å². The van der Waals surface area contributed by atoms with Crippen LogP contribution in [0.15, 0.2) is 22.7 Å². The lowest BCUT2D eigenvalue weighted by Crippen LogP contribution is -2.19. The van der Waals surface area contributed by atoms with E-state index in [0.29, 0.717) is 6.42 Å². The molecule has 0 heterocycles. The highest BCUT2D eigenvalue weighted by molar-refractivity contribution is 9.10. The normalized spacial score (nSPS) is 11.3. The summed E-state index contributed by atoms with van der Waals surface area (Å²) in [4.78, 5) is 11.7. The number of carbonyl (C=O) groups is 1. The highest BCUT2D eigenvalue weighted by Gasteiger charge is 2.16. The van der Waals surface area contributed by atoms with E-state index in [1.54, 1.807) is 0 Å². The van der Waals surface area contributed by atoms with Gasteiger partial charge in [0.05, 0.1) is 5.69 Å². The van der Waals surface area contributed by atoms with E-state index in [-0.39, 0.29) is 11.3 Å². The van der Waals surface area contributed by atoms with E-state index in [4.69, 9.17) is 0 Å². The first kappa shape index (κ1) is 13.2. The SMILES string of the molecule is Cc1ccc(NC(=O)CC(C)(C)C)c(Br)c1. The molecule has 0 bridgehead atoms. The monoisotopic (exact) mass is 283 g/mol. The number of benzene rings is 1. The number of hydrogen-bond donors (Lipinski definition) is 1.